The molecule has 1 aliphatic rings. The quantitative estimate of drug-likeness (QED) is 0.313. The number of Topliss-reactive ketones (excluding diaryl/α,β-unsaturated/α-hetero) is 1. The van der Waals surface area contributed by atoms with Crippen molar-refractivity contribution in [2.75, 3.05) is 0 Å². The molecule has 0 spiro atoms. The highest BCUT2D eigenvalue weighted by Gasteiger charge is 2.35. The first-order valence-corrected chi connectivity index (χ1v) is 13.6. The highest BCUT2D eigenvalue weighted by molar-refractivity contribution is 7.15. The molecule has 0 aliphatic heterocycles. The number of carbonyl (C=O) groups is 1. The average Bonchev–Trinajstić information content (AvgIpc) is 3.24. The summed E-state index contributed by atoms with van der Waals surface area (Å²) < 4.78 is 1.84. The molecule has 5 rings (SSSR count). The van der Waals surface area contributed by atoms with E-state index in [0.717, 1.165) is 51.5 Å². The molecule has 190 valence electrons. The van der Waals surface area contributed by atoms with Gasteiger partial charge in [-0.1, -0.05) is 45.9 Å². The number of aryl methyl sites for hydroxylation is 4. The van der Waals surface area contributed by atoms with Gasteiger partial charge in [0.1, 0.15) is 10.8 Å². The Kier molecular flexibility index (Phi) is 6.44. The molecular formula is C30H32N4O2S. The summed E-state index contributed by atoms with van der Waals surface area (Å²) in [7, 11) is 0. The van der Waals surface area contributed by atoms with Crippen LogP contribution in [-0.4, -0.2) is 25.3 Å². The minimum Gasteiger partial charge on any atom is -0.294 e. The normalized spacial score (nSPS) is 14.6. The summed E-state index contributed by atoms with van der Waals surface area (Å²) in [5.74, 6) is 0.769. The Labute approximate surface area is 221 Å². The topological polar surface area (TPSA) is 77.7 Å². The van der Waals surface area contributed by atoms with E-state index in [1.54, 1.807) is 18.5 Å². The van der Waals surface area contributed by atoms with Crippen LogP contribution in [-0.2, 0) is 19.3 Å². The third kappa shape index (κ3) is 4.46. The Bertz CT molecular complexity index is 1560. The number of rotatable bonds is 5. The number of benzene rings is 1. The van der Waals surface area contributed by atoms with Gasteiger partial charge in [-0.05, 0) is 55.7 Å². The Morgan fingerprint density at radius 3 is 2.24 bits per heavy atom. The van der Waals surface area contributed by atoms with Crippen LogP contribution in [0.5, 0.6) is 0 Å². The number of thiazole rings is 1. The fourth-order valence-corrected chi connectivity index (χ4v) is 6.24. The molecule has 3 heterocycles. The van der Waals surface area contributed by atoms with Crippen LogP contribution in [0.15, 0.2) is 41.5 Å². The number of hydrogen-bond acceptors (Lipinski definition) is 6. The van der Waals surface area contributed by atoms with Crippen molar-refractivity contribution in [3.05, 3.63) is 80.1 Å². The van der Waals surface area contributed by atoms with E-state index in [0.29, 0.717) is 34.8 Å². The van der Waals surface area contributed by atoms with E-state index in [2.05, 4.69) is 55.9 Å². The zero-order chi connectivity index (χ0) is 26.5. The number of pyridine rings is 1. The number of ketones is 1. The molecule has 0 atom stereocenters. The minimum atomic E-state index is -0.219. The second-order valence-electron chi connectivity index (χ2n) is 10.6. The van der Waals surface area contributed by atoms with Crippen molar-refractivity contribution < 1.29 is 4.79 Å². The van der Waals surface area contributed by atoms with Crippen LogP contribution in [0.2, 0.25) is 0 Å². The van der Waals surface area contributed by atoms with Crippen LogP contribution < -0.4 is 5.56 Å². The Morgan fingerprint density at radius 1 is 0.973 bits per heavy atom. The molecule has 6 nitrogen and oxygen atoms in total. The maximum absolute atomic E-state index is 14.4. The Hall–Kier alpha value is -3.45. The standard InChI is InChI=1S/C30H32N4O2S/c1-7-19-10-9-11-20(8-2)27(19)34-24-13-30(5,6)14-25(35)22(24)12-23(29(34)36)28-33-26(17(3)37-28)21-15-31-18(4)32-16-21/h9-12,15-16H,7-8,13-14H2,1-6H3. The molecule has 0 fully saturated rings. The summed E-state index contributed by atoms with van der Waals surface area (Å²) in [6, 6.07) is 8.01. The van der Waals surface area contributed by atoms with Crippen molar-refractivity contribution in [3.63, 3.8) is 0 Å². The third-order valence-electron chi connectivity index (χ3n) is 7.16. The molecule has 4 aromatic rings. The summed E-state index contributed by atoms with van der Waals surface area (Å²) in [5.41, 5.74) is 6.26. The zero-order valence-electron chi connectivity index (χ0n) is 22.3. The number of carbonyl (C=O) groups excluding carboxylic acids is 1. The van der Waals surface area contributed by atoms with Crippen LogP contribution in [0.1, 0.15) is 72.0 Å². The lowest BCUT2D eigenvalue weighted by Gasteiger charge is -2.33. The second kappa shape index (κ2) is 9.45. The molecule has 3 aromatic heterocycles. The SMILES string of the molecule is CCc1cccc(CC)c1-n1c2c(cc(-c3nc(-c4cnc(C)nc4)c(C)s3)c1=O)C(=O)CC(C)(C)C2. The molecule has 1 aliphatic carbocycles. The summed E-state index contributed by atoms with van der Waals surface area (Å²) in [6.07, 6.45) is 6.22. The van der Waals surface area contributed by atoms with Crippen LogP contribution >= 0.6 is 11.3 Å². The van der Waals surface area contributed by atoms with Gasteiger partial charge in [-0.25, -0.2) is 15.0 Å². The van der Waals surface area contributed by atoms with Crippen molar-refractivity contribution in [1.29, 1.82) is 0 Å². The highest BCUT2D eigenvalue weighted by Crippen LogP contribution is 2.39. The van der Waals surface area contributed by atoms with E-state index in [9.17, 15) is 9.59 Å². The van der Waals surface area contributed by atoms with Crippen molar-refractivity contribution in [2.45, 2.75) is 67.2 Å². The number of fused-ring (bicyclic) bond motifs is 1. The van der Waals surface area contributed by atoms with Crippen LogP contribution in [0.25, 0.3) is 27.5 Å². The largest absolute Gasteiger partial charge is 0.294 e. The van der Waals surface area contributed by atoms with E-state index in [1.165, 1.54) is 11.3 Å². The maximum atomic E-state index is 14.4. The molecule has 0 unspecified atom stereocenters. The summed E-state index contributed by atoms with van der Waals surface area (Å²) in [5, 5.41) is 0.610. The van der Waals surface area contributed by atoms with Crippen molar-refractivity contribution in [1.82, 2.24) is 19.5 Å². The van der Waals surface area contributed by atoms with Gasteiger partial charge in [0, 0.05) is 40.5 Å². The number of nitrogens with zero attached hydrogens (tertiary/aromatic N) is 4. The Morgan fingerprint density at radius 2 is 1.62 bits per heavy atom. The van der Waals surface area contributed by atoms with Crippen molar-refractivity contribution in [2.24, 2.45) is 5.41 Å². The van der Waals surface area contributed by atoms with Crippen LogP contribution in [0.3, 0.4) is 0 Å². The molecule has 0 radical (unpaired) electrons. The van der Waals surface area contributed by atoms with Gasteiger partial charge in [0.15, 0.2) is 5.78 Å². The molecule has 1 aromatic carbocycles. The zero-order valence-corrected chi connectivity index (χ0v) is 23.1. The summed E-state index contributed by atoms with van der Waals surface area (Å²) in [6.45, 7) is 12.2. The van der Waals surface area contributed by atoms with Gasteiger partial charge < -0.3 is 0 Å². The van der Waals surface area contributed by atoms with E-state index in [1.807, 2.05) is 18.4 Å². The van der Waals surface area contributed by atoms with Gasteiger partial charge in [0.05, 0.1) is 16.9 Å². The highest BCUT2D eigenvalue weighted by atomic mass is 32.1. The molecule has 0 bridgehead atoms. The number of para-hydroxylation sites is 1. The number of hydrogen-bond donors (Lipinski definition) is 0. The lowest BCUT2D eigenvalue weighted by atomic mass is 9.75. The molecule has 0 N–H and O–H groups in total. The second-order valence-corrected chi connectivity index (χ2v) is 11.8. The van der Waals surface area contributed by atoms with Gasteiger partial charge >= 0.3 is 0 Å². The average molecular weight is 513 g/mol. The van der Waals surface area contributed by atoms with E-state index in [4.69, 9.17) is 4.98 Å². The minimum absolute atomic E-state index is 0.0775. The van der Waals surface area contributed by atoms with Gasteiger partial charge in [-0.2, -0.15) is 0 Å². The monoisotopic (exact) mass is 512 g/mol. The van der Waals surface area contributed by atoms with Gasteiger partial charge in [0.2, 0.25) is 0 Å². The first kappa shape index (κ1) is 25.2. The smallest absolute Gasteiger partial charge is 0.265 e. The molecule has 0 saturated heterocycles. The lowest BCUT2D eigenvalue weighted by Crippen LogP contribution is -2.35. The first-order chi connectivity index (χ1) is 17.6. The van der Waals surface area contributed by atoms with E-state index in [-0.39, 0.29) is 16.8 Å². The van der Waals surface area contributed by atoms with E-state index >= 15 is 0 Å². The van der Waals surface area contributed by atoms with E-state index < -0.39 is 0 Å². The molecule has 37 heavy (non-hydrogen) atoms. The molecular weight excluding hydrogens is 480 g/mol. The molecule has 0 amide bonds. The number of aromatic nitrogens is 4. The van der Waals surface area contributed by atoms with Gasteiger partial charge in [0.25, 0.3) is 5.56 Å². The third-order valence-corrected chi connectivity index (χ3v) is 8.16. The predicted molar refractivity (Wildman–Crippen MR) is 149 cm³/mol. The van der Waals surface area contributed by atoms with Crippen molar-refractivity contribution in [3.8, 4) is 27.5 Å². The van der Waals surface area contributed by atoms with Crippen LogP contribution in [0.4, 0.5) is 0 Å². The Balaban J connectivity index is 1.81. The predicted octanol–water partition coefficient (Wildman–Crippen LogP) is 6.31. The van der Waals surface area contributed by atoms with Gasteiger partial charge in [-0.3, -0.25) is 14.2 Å². The van der Waals surface area contributed by atoms with Gasteiger partial charge in [-0.15, -0.1) is 11.3 Å². The summed E-state index contributed by atoms with van der Waals surface area (Å²) in [4.78, 5) is 42.3. The molecule has 7 heteroatoms. The first-order valence-electron chi connectivity index (χ1n) is 12.8. The maximum Gasteiger partial charge on any atom is 0.265 e. The fourth-order valence-electron chi connectivity index (χ4n) is 5.30. The lowest BCUT2D eigenvalue weighted by molar-refractivity contribution is 0.0909. The fraction of sp³-hybridized carbons (Fsp3) is 0.367. The van der Waals surface area contributed by atoms with Crippen molar-refractivity contribution >= 4 is 17.1 Å². The summed E-state index contributed by atoms with van der Waals surface area (Å²) >= 11 is 1.46. The molecule has 0 saturated carbocycles. The van der Waals surface area contributed by atoms with Crippen LogP contribution in [0, 0.1) is 19.3 Å².